The maximum absolute atomic E-state index is 4.93. The Kier molecular flexibility index (Phi) is 4.14. The first-order valence-corrected chi connectivity index (χ1v) is 8.82. The molecule has 5 nitrogen and oxygen atoms in total. The van der Waals surface area contributed by atoms with Gasteiger partial charge >= 0.3 is 0 Å². The molecule has 130 valence electrons. The summed E-state index contributed by atoms with van der Waals surface area (Å²) in [6.45, 7) is 14.2. The molecule has 0 radical (unpaired) electrons. The molecule has 0 aromatic carbocycles. The first-order valence-electron chi connectivity index (χ1n) is 8.82. The second kappa shape index (κ2) is 5.87. The van der Waals surface area contributed by atoms with Crippen molar-refractivity contribution in [3.63, 3.8) is 0 Å². The zero-order valence-corrected chi connectivity index (χ0v) is 15.7. The fraction of sp³-hybridized carbons (Fsp3) is 0.632. The lowest BCUT2D eigenvalue weighted by atomic mass is 9.90. The number of anilines is 1. The van der Waals surface area contributed by atoms with Crippen molar-refractivity contribution in [3.8, 4) is 0 Å². The van der Waals surface area contributed by atoms with E-state index in [2.05, 4.69) is 62.5 Å². The van der Waals surface area contributed by atoms with Gasteiger partial charge in [-0.1, -0.05) is 41.5 Å². The summed E-state index contributed by atoms with van der Waals surface area (Å²) in [5, 5.41) is 0. The first-order chi connectivity index (χ1) is 11.2. The van der Waals surface area contributed by atoms with Crippen LogP contribution in [0.1, 0.15) is 77.8 Å². The quantitative estimate of drug-likeness (QED) is 0.901. The van der Waals surface area contributed by atoms with Crippen molar-refractivity contribution >= 4 is 5.82 Å². The Morgan fingerprint density at radius 3 is 2.42 bits per heavy atom. The highest BCUT2D eigenvalue weighted by Crippen LogP contribution is 2.36. The Labute approximate surface area is 144 Å². The lowest BCUT2D eigenvalue weighted by molar-refractivity contribution is 0.511. The molecule has 0 saturated carbocycles. The highest BCUT2D eigenvalue weighted by Gasteiger charge is 2.31. The standard InChI is InChI=1S/C19H29N5/c1-18(2,3)14-12-15(23-17(22-14)19(4,5)6)24-11-7-8-13(24)16-20-9-10-21-16/h9-10,12-13H,7-8,11H2,1-6H3,(H,20,21)/t13-/m0/s1. The van der Waals surface area contributed by atoms with E-state index >= 15 is 0 Å². The van der Waals surface area contributed by atoms with Gasteiger partial charge in [0.15, 0.2) is 0 Å². The Morgan fingerprint density at radius 2 is 1.83 bits per heavy atom. The summed E-state index contributed by atoms with van der Waals surface area (Å²) in [5.74, 6) is 2.97. The molecule has 3 rings (SSSR count). The average Bonchev–Trinajstić information content (AvgIpc) is 3.15. The minimum absolute atomic E-state index is 0.00239. The number of nitrogens with one attached hydrogen (secondary N) is 1. The first kappa shape index (κ1) is 16.9. The highest BCUT2D eigenvalue weighted by atomic mass is 15.3. The molecule has 24 heavy (non-hydrogen) atoms. The number of rotatable bonds is 2. The molecule has 0 bridgehead atoms. The van der Waals surface area contributed by atoms with Gasteiger partial charge in [0.25, 0.3) is 0 Å². The van der Waals surface area contributed by atoms with Gasteiger partial charge < -0.3 is 9.88 Å². The van der Waals surface area contributed by atoms with Crippen LogP contribution in [0.15, 0.2) is 18.5 Å². The van der Waals surface area contributed by atoms with Gasteiger partial charge in [-0.05, 0) is 12.8 Å². The lowest BCUT2D eigenvalue weighted by Crippen LogP contribution is -2.28. The normalized spacial score (nSPS) is 19.1. The summed E-state index contributed by atoms with van der Waals surface area (Å²) in [6.07, 6.45) is 5.98. The van der Waals surface area contributed by atoms with Gasteiger partial charge in [0, 0.05) is 35.8 Å². The Bertz CT molecular complexity index is 659. The van der Waals surface area contributed by atoms with Crippen molar-refractivity contribution in [1.82, 2.24) is 19.9 Å². The van der Waals surface area contributed by atoms with E-state index in [0.29, 0.717) is 0 Å². The van der Waals surface area contributed by atoms with Gasteiger partial charge in [-0.3, -0.25) is 0 Å². The van der Waals surface area contributed by atoms with Crippen molar-refractivity contribution in [2.75, 3.05) is 11.4 Å². The van der Waals surface area contributed by atoms with Gasteiger partial charge in [0.1, 0.15) is 17.5 Å². The van der Waals surface area contributed by atoms with Crippen LogP contribution in [-0.2, 0) is 10.8 Å². The fourth-order valence-electron chi connectivity index (χ4n) is 3.09. The molecule has 0 spiro atoms. The second-order valence-electron chi connectivity index (χ2n) is 8.76. The predicted octanol–water partition coefficient (Wildman–Crippen LogP) is 4.14. The Balaban J connectivity index is 2.06. The zero-order valence-electron chi connectivity index (χ0n) is 15.7. The monoisotopic (exact) mass is 327 g/mol. The minimum Gasteiger partial charge on any atom is -0.347 e. The average molecular weight is 327 g/mol. The number of aromatic nitrogens is 4. The van der Waals surface area contributed by atoms with Crippen LogP contribution in [0.25, 0.3) is 0 Å². The molecule has 3 heterocycles. The summed E-state index contributed by atoms with van der Waals surface area (Å²) in [5.41, 5.74) is 1.02. The zero-order chi connectivity index (χ0) is 17.5. The van der Waals surface area contributed by atoms with Crippen molar-refractivity contribution in [2.24, 2.45) is 0 Å². The summed E-state index contributed by atoms with van der Waals surface area (Å²) < 4.78 is 0. The number of imidazole rings is 1. The molecule has 1 atom stereocenters. The summed E-state index contributed by atoms with van der Waals surface area (Å²) in [7, 11) is 0. The Morgan fingerprint density at radius 1 is 1.08 bits per heavy atom. The van der Waals surface area contributed by atoms with Crippen LogP contribution in [0.2, 0.25) is 0 Å². The molecular weight excluding hydrogens is 298 g/mol. The van der Waals surface area contributed by atoms with Crippen LogP contribution in [-0.4, -0.2) is 26.5 Å². The van der Waals surface area contributed by atoms with E-state index in [1.165, 1.54) is 0 Å². The van der Waals surface area contributed by atoms with Crippen LogP contribution < -0.4 is 4.90 Å². The van der Waals surface area contributed by atoms with Crippen LogP contribution in [0.5, 0.6) is 0 Å². The molecular formula is C19H29N5. The Hall–Kier alpha value is -1.91. The van der Waals surface area contributed by atoms with Crippen molar-refractivity contribution in [2.45, 2.75) is 71.3 Å². The molecule has 2 aromatic rings. The summed E-state index contributed by atoms with van der Waals surface area (Å²) in [6, 6.07) is 2.44. The number of hydrogen-bond acceptors (Lipinski definition) is 4. The molecule has 2 aromatic heterocycles. The predicted molar refractivity (Wildman–Crippen MR) is 97.3 cm³/mol. The topological polar surface area (TPSA) is 57.7 Å². The molecule has 1 aliphatic heterocycles. The molecule has 0 unspecified atom stereocenters. The molecule has 5 heteroatoms. The third kappa shape index (κ3) is 3.30. The molecule has 0 amide bonds. The van der Waals surface area contributed by atoms with Crippen molar-refractivity contribution < 1.29 is 0 Å². The molecule has 0 aliphatic carbocycles. The number of H-pyrrole nitrogens is 1. The van der Waals surface area contributed by atoms with E-state index in [1.54, 1.807) is 0 Å². The van der Waals surface area contributed by atoms with Gasteiger partial charge in [0.2, 0.25) is 0 Å². The van der Waals surface area contributed by atoms with Crippen LogP contribution in [0.4, 0.5) is 5.82 Å². The van der Waals surface area contributed by atoms with E-state index in [1.807, 2.05) is 12.4 Å². The van der Waals surface area contributed by atoms with Gasteiger partial charge in [-0.25, -0.2) is 15.0 Å². The SMILES string of the molecule is CC(C)(C)c1cc(N2CCC[C@H]2c2ncc[nH]2)nc(C(C)(C)C)n1. The second-order valence-corrected chi connectivity index (χ2v) is 8.76. The van der Waals surface area contributed by atoms with E-state index < -0.39 is 0 Å². The van der Waals surface area contributed by atoms with E-state index in [-0.39, 0.29) is 16.9 Å². The molecule has 1 N–H and O–H groups in total. The van der Waals surface area contributed by atoms with E-state index in [9.17, 15) is 0 Å². The van der Waals surface area contributed by atoms with Crippen molar-refractivity contribution in [3.05, 3.63) is 35.8 Å². The molecule has 1 saturated heterocycles. The number of nitrogens with zero attached hydrogens (tertiary/aromatic N) is 4. The summed E-state index contributed by atoms with van der Waals surface area (Å²) in [4.78, 5) is 19.9. The highest BCUT2D eigenvalue weighted by molar-refractivity contribution is 5.45. The van der Waals surface area contributed by atoms with E-state index in [4.69, 9.17) is 9.97 Å². The smallest absolute Gasteiger partial charge is 0.136 e. The fourth-order valence-corrected chi connectivity index (χ4v) is 3.09. The van der Waals surface area contributed by atoms with Crippen LogP contribution in [0, 0.1) is 0 Å². The number of hydrogen-bond donors (Lipinski definition) is 1. The molecule has 1 fully saturated rings. The maximum atomic E-state index is 4.93. The van der Waals surface area contributed by atoms with Crippen molar-refractivity contribution in [1.29, 1.82) is 0 Å². The maximum Gasteiger partial charge on any atom is 0.136 e. The number of aromatic amines is 1. The lowest BCUT2D eigenvalue weighted by Gasteiger charge is -2.29. The third-order valence-corrected chi connectivity index (χ3v) is 4.53. The van der Waals surface area contributed by atoms with Crippen LogP contribution in [0.3, 0.4) is 0 Å². The van der Waals surface area contributed by atoms with E-state index in [0.717, 1.165) is 42.5 Å². The minimum atomic E-state index is -0.0735. The van der Waals surface area contributed by atoms with Crippen LogP contribution >= 0.6 is 0 Å². The summed E-state index contributed by atoms with van der Waals surface area (Å²) >= 11 is 0. The largest absolute Gasteiger partial charge is 0.347 e. The van der Waals surface area contributed by atoms with Gasteiger partial charge in [-0.2, -0.15) is 0 Å². The van der Waals surface area contributed by atoms with Gasteiger partial charge in [-0.15, -0.1) is 0 Å². The van der Waals surface area contributed by atoms with Gasteiger partial charge in [0.05, 0.1) is 11.7 Å². The third-order valence-electron chi connectivity index (χ3n) is 4.53. The molecule has 1 aliphatic rings.